The van der Waals surface area contributed by atoms with Crippen LogP contribution in [0.5, 0.6) is 0 Å². The van der Waals surface area contributed by atoms with Crippen LogP contribution in [0.1, 0.15) is 284 Å². The maximum Gasteiger partial charge on any atom is 0.306 e. The molecule has 0 aromatic carbocycles. The van der Waals surface area contributed by atoms with Crippen molar-refractivity contribution in [2.24, 2.45) is 0 Å². The van der Waals surface area contributed by atoms with E-state index in [0.717, 1.165) is 44.9 Å². The Hall–Kier alpha value is -1.14. The lowest BCUT2D eigenvalue weighted by Gasteiger charge is -2.24. The molecular weight excluding hydrogens is 695 g/mol. The molecule has 3 N–H and O–H groups in total. The Morgan fingerprint density at radius 1 is 0.446 bits per heavy atom. The zero-order valence-corrected chi connectivity index (χ0v) is 38.0. The van der Waals surface area contributed by atoms with Crippen LogP contribution in [0.4, 0.5) is 0 Å². The summed E-state index contributed by atoms with van der Waals surface area (Å²) in [6, 6.07) is -0.690. The van der Waals surface area contributed by atoms with Gasteiger partial charge in [0, 0.05) is 6.42 Å². The van der Waals surface area contributed by atoms with Gasteiger partial charge in [-0.3, -0.25) is 9.59 Å². The van der Waals surface area contributed by atoms with E-state index in [1.165, 1.54) is 193 Å². The second-order valence-electron chi connectivity index (χ2n) is 17.6. The number of carbonyl (C=O) groups is 2. The summed E-state index contributed by atoms with van der Waals surface area (Å²) in [4.78, 5) is 26.0. The van der Waals surface area contributed by atoms with Gasteiger partial charge in [-0.1, -0.05) is 245 Å². The number of unbranched alkanes of at least 4 members (excludes halogenated alkanes) is 34. The van der Waals surface area contributed by atoms with Crippen LogP contribution in [0.2, 0.25) is 0 Å². The molecule has 6 nitrogen and oxygen atoms in total. The first-order valence-corrected chi connectivity index (χ1v) is 25.3. The van der Waals surface area contributed by atoms with Crippen molar-refractivity contribution in [3.63, 3.8) is 0 Å². The average molecular weight is 794 g/mol. The van der Waals surface area contributed by atoms with Crippen LogP contribution in [0.3, 0.4) is 0 Å². The highest BCUT2D eigenvalue weighted by atomic mass is 16.5. The highest BCUT2D eigenvalue weighted by molar-refractivity contribution is 5.77. The minimum Gasteiger partial charge on any atom is -0.462 e. The molecule has 0 radical (unpaired) electrons. The SMILES string of the molecule is CCCCCCCCCCCCCCCCCCCC(CC(=O)NC(CO)C(O)CCCCCCCCCCC)OC(=O)CCCCCCCCCCCCC. The molecule has 1 amide bonds. The van der Waals surface area contributed by atoms with Crippen molar-refractivity contribution in [3.05, 3.63) is 0 Å². The summed E-state index contributed by atoms with van der Waals surface area (Å²) in [5.41, 5.74) is 0. The zero-order chi connectivity index (χ0) is 41.0. The molecule has 6 heteroatoms. The molecule has 0 aliphatic carbocycles. The van der Waals surface area contributed by atoms with Crippen molar-refractivity contribution in [3.8, 4) is 0 Å². The van der Waals surface area contributed by atoms with Crippen molar-refractivity contribution < 1.29 is 24.5 Å². The Kier molecular flexibility index (Phi) is 44.0. The molecule has 56 heavy (non-hydrogen) atoms. The predicted octanol–water partition coefficient (Wildman–Crippen LogP) is 14.8. The summed E-state index contributed by atoms with van der Waals surface area (Å²) in [5, 5.41) is 23.7. The van der Waals surface area contributed by atoms with Crippen LogP contribution in [0.25, 0.3) is 0 Å². The van der Waals surface area contributed by atoms with Crippen molar-refractivity contribution in [1.82, 2.24) is 5.32 Å². The summed E-state index contributed by atoms with van der Waals surface area (Å²) in [5.74, 6) is -0.454. The molecule has 0 saturated carbocycles. The number of ether oxygens (including phenoxy) is 1. The first-order chi connectivity index (χ1) is 27.5. The highest BCUT2D eigenvalue weighted by Gasteiger charge is 2.24. The number of hydrogen-bond donors (Lipinski definition) is 3. The van der Waals surface area contributed by atoms with Gasteiger partial charge < -0.3 is 20.3 Å². The summed E-state index contributed by atoms with van der Waals surface area (Å²) in [6.07, 6.45) is 47.4. The third-order valence-corrected chi connectivity index (χ3v) is 11.9. The number of aliphatic hydroxyl groups is 2. The fourth-order valence-corrected chi connectivity index (χ4v) is 8.08. The molecular formula is C50H99NO5. The summed E-state index contributed by atoms with van der Waals surface area (Å²) < 4.78 is 5.93. The molecule has 3 unspecified atom stereocenters. The van der Waals surface area contributed by atoms with Crippen molar-refractivity contribution in [2.75, 3.05) is 6.61 Å². The summed E-state index contributed by atoms with van der Waals surface area (Å²) in [6.45, 7) is 6.48. The minimum atomic E-state index is -0.777. The van der Waals surface area contributed by atoms with Crippen LogP contribution < -0.4 is 5.32 Å². The molecule has 0 fully saturated rings. The van der Waals surface area contributed by atoms with Gasteiger partial charge in [-0.05, 0) is 25.7 Å². The van der Waals surface area contributed by atoms with E-state index >= 15 is 0 Å². The molecule has 0 spiro atoms. The van der Waals surface area contributed by atoms with Gasteiger partial charge in [0.15, 0.2) is 0 Å². The summed E-state index contributed by atoms with van der Waals surface area (Å²) >= 11 is 0. The van der Waals surface area contributed by atoms with Gasteiger partial charge in [-0.2, -0.15) is 0 Å². The lowest BCUT2D eigenvalue weighted by atomic mass is 10.0. The average Bonchev–Trinajstić information content (AvgIpc) is 3.19. The van der Waals surface area contributed by atoms with Crippen LogP contribution in [0, 0.1) is 0 Å². The van der Waals surface area contributed by atoms with Crippen molar-refractivity contribution in [2.45, 2.75) is 302 Å². The van der Waals surface area contributed by atoms with Gasteiger partial charge in [-0.15, -0.1) is 0 Å². The van der Waals surface area contributed by atoms with Gasteiger partial charge in [0.2, 0.25) is 5.91 Å². The van der Waals surface area contributed by atoms with Crippen LogP contribution in [-0.4, -0.2) is 46.9 Å². The molecule has 0 rings (SSSR count). The predicted molar refractivity (Wildman–Crippen MR) is 241 cm³/mol. The maximum absolute atomic E-state index is 13.1. The lowest BCUT2D eigenvalue weighted by Crippen LogP contribution is -2.46. The zero-order valence-electron chi connectivity index (χ0n) is 38.0. The molecule has 3 atom stereocenters. The van der Waals surface area contributed by atoms with Gasteiger partial charge in [-0.25, -0.2) is 0 Å². The fourth-order valence-electron chi connectivity index (χ4n) is 8.08. The first-order valence-electron chi connectivity index (χ1n) is 25.3. The third-order valence-electron chi connectivity index (χ3n) is 11.9. The van der Waals surface area contributed by atoms with Crippen LogP contribution in [0.15, 0.2) is 0 Å². The topological polar surface area (TPSA) is 95.9 Å². The maximum atomic E-state index is 13.1. The lowest BCUT2D eigenvalue weighted by molar-refractivity contribution is -0.151. The second-order valence-corrected chi connectivity index (χ2v) is 17.6. The number of esters is 1. The van der Waals surface area contributed by atoms with E-state index in [1.54, 1.807) is 0 Å². The molecule has 334 valence electrons. The normalized spacial score (nSPS) is 13.2. The molecule has 0 bridgehead atoms. The van der Waals surface area contributed by atoms with Gasteiger partial charge >= 0.3 is 5.97 Å². The number of hydrogen-bond acceptors (Lipinski definition) is 5. The monoisotopic (exact) mass is 794 g/mol. The van der Waals surface area contributed by atoms with E-state index in [0.29, 0.717) is 19.3 Å². The molecule has 0 saturated heterocycles. The van der Waals surface area contributed by atoms with Gasteiger partial charge in [0.1, 0.15) is 6.10 Å². The van der Waals surface area contributed by atoms with E-state index in [9.17, 15) is 19.8 Å². The largest absolute Gasteiger partial charge is 0.462 e. The van der Waals surface area contributed by atoms with Crippen molar-refractivity contribution in [1.29, 1.82) is 0 Å². The van der Waals surface area contributed by atoms with Crippen LogP contribution in [-0.2, 0) is 14.3 Å². The smallest absolute Gasteiger partial charge is 0.306 e. The Labute approximate surface area is 349 Å². The standard InChI is InChI=1S/C50H99NO5/c1-4-7-10-13-16-19-21-22-23-24-25-26-28-30-32-35-38-41-46(56-50(55)43-40-37-34-31-27-20-17-14-11-8-5-2)44-49(54)51-47(45-52)48(53)42-39-36-33-29-18-15-12-9-6-3/h46-48,52-53H,4-45H2,1-3H3,(H,51,54). The summed E-state index contributed by atoms with van der Waals surface area (Å²) in [7, 11) is 0. The number of nitrogens with one attached hydrogen (secondary N) is 1. The molecule has 0 aliphatic heterocycles. The van der Waals surface area contributed by atoms with E-state index in [-0.39, 0.29) is 24.9 Å². The molecule has 0 aromatic heterocycles. The van der Waals surface area contributed by atoms with E-state index in [4.69, 9.17) is 4.74 Å². The van der Waals surface area contributed by atoms with Gasteiger partial charge in [0.05, 0.1) is 25.2 Å². The van der Waals surface area contributed by atoms with E-state index < -0.39 is 18.2 Å². The second kappa shape index (κ2) is 45.0. The Morgan fingerprint density at radius 3 is 1.09 bits per heavy atom. The highest BCUT2D eigenvalue weighted by Crippen LogP contribution is 2.19. The van der Waals surface area contributed by atoms with Gasteiger partial charge in [0.25, 0.3) is 0 Å². The number of rotatable bonds is 46. The van der Waals surface area contributed by atoms with E-state index in [1.807, 2.05) is 0 Å². The Morgan fingerprint density at radius 2 is 0.750 bits per heavy atom. The molecule has 0 aliphatic rings. The number of aliphatic hydroxyl groups excluding tert-OH is 2. The number of amides is 1. The molecule has 0 heterocycles. The van der Waals surface area contributed by atoms with E-state index in [2.05, 4.69) is 26.1 Å². The third kappa shape index (κ3) is 39.7. The minimum absolute atomic E-state index is 0.0874. The number of carbonyl (C=O) groups excluding carboxylic acids is 2. The molecule has 0 aromatic rings. The fraction of sp³-hybridized carbons (Fsp3) is 0.960. The van der Waals surface area contributed by atoms with Crippen molar-refractivity contribution >= 4 is 11.9 Å². The quantitative estimate of drug-likeness (QED) is 0.0421. The first kappa shape index (κ1) is 54.9. The Bertz CT molecular complexity index is 806. The van der Waals surface area contributed by atoms with Crippen LogP contribution >= 0.6 is 0 Å². The Balaban J connectivity index is 4.50.